The largest absolute Gasteiger partial charge is 0.340 e. The zero-order valence-electron chi connectivity index (χ0n) is 16.9. The van der Waals surface area contributed by atoms with Gasteiger partial charge in [0.2, 0.25) is 0 Å². The number of hydrogen-bond acceptors (Lipinski definition) is 4. The van der Waals surface area contributed by atoms with E-state index >= 15 is 0 Å². The van der Waals surface area contributed by atoms with Gasteiger partial charge >= 0.3 is 6.03 Å². The number of H-pyrrole nitrogens is 1. The van der Waals surface area contributed by atoms with Crippen LogP contribution in [-0.4, -0.2) is 64.1 Å². The van der Waals surface area contributed by atoms with Crippen LogP contribution in [0.2, 0.25) is 0 Å². The van der Waals surface area contributed by atoms with Crippen LogP contribution in [0.4, 0.5) is 10.6 Å². The molecule has 4 aliphatic heterocycles. The van der Waals surface area contributed by atoms with E-state index in [1.54, 1.807) is 9.91 Å². The van der Waals surface area contributed by atoms with Gasteiger partial charge in [-0.1, -0.05) is 6.92 Å². The van der Waals surface area contributed by atoms with Crippen molar-refractivity contribution in [1.29, 1.82) is 0 Å². The number of carbonyl (C=O) groups is 2. The smallest absolute Gasteiger partial charge is 0.337 e. The number of hydrazine groups is 1. The second-order valence-corrected chi connectivity index (χ2v) is 8.13. The molecule has 1 aromatic rings. The topological polar surface area (TPSA) is 74.9 Å². The van der Waals surface area contributed by atoms with Crippen LogP contribution in [0.5, 0.6) is 0 Å². The highest BCUT2D eigenvalue weighted by Crippen LogP contribution is 2.33. The van der Waals surface area contributed by atoms with Crippen molar-refractivity contribution in [3.05, 3.63) is 41.4 Å². The number of anilines is 1. The van der Waals surface area contributed by atoms with Gasteiger partial charge in [-0.15, -0.1) is 0 Å². The van der Waals surface area contributed by atoms with E-state index in [9.17, 15) is 9.59 Å². The number of rotatable bonds is 4. The van der Waals surface area contributed by atoms with Gasteiger partial charge < -0.3 is 14.8 Å². The fourth-order valence-corrected chi connectivity index (χ4v) is 4.67. The van der Waals surface area contributed by atoms with Crippen molar-refractivity contribution in [1.82, 2.24) is 25.2 Å². The first kappa shape index (κ1) is 18.3. The lowest BCUT2D eigenvalue weighted by Gasteiger charge is -2.32. The monoisotopic (exact) mass is 396 g/mol. The fourth-order valence-electron chi connectivity index (χ4n) is 4.67. The molecule has 8 nitrogen and oxygen atoms in total. The highest BCUT2D eigenvalue weighted by molar-refractivity contribution is 5.94. The van der Waals surface area contributed by atoms with Crippen LogP contribution in [0.25, 0.3) is 0 Å². The highest BCUT2D eigenvalue weighted by atomic mass is 16.2. The third-order valence-corrected chi connectivity index (χ3v) is 6.13. The number of amides is 3. The van der Waals surface area contributed by atoms with Gasteiger partial charge in [0, 0.05) is 38.1 Å². The van der Waals surface area contributed by atoms with Crippen LogP contribution in [0, 0.1) is 0 Å². The van der Waals surface area contributed by atoms with Crippen molar-refractivity contribution in [2.24, 2.45) is 0 Å². The van der Waals surface area contributed by atoms with Crippen molar-refractivity contribution >= 4 is 17.8 Å². The van der Waals surface area contributed by atoms with Gasteiger partial charge in [0.05, 0.1) is 0 Å². The van der Waals surface area contributed by atoms with Gasteiger partial charge in [-0.3, -0.25) is 14.7 Å². The quantitative estimate of drug-likeness (QED) is 0.820. The average molecular weight is 396 g/mol. The Bertz CT molecular complexity index is 882. The lowest BCUT2D eigenvalue weighted by Crippen LogP contribution is -2.39. The summed E-state index contributed by atoms with van der Waals surface area (Å²) in [5, 5.41) is 1.68. The molecule has 0 radical (unpaired) electrons. The minimum absolute atomic E-state index is 0.0129. The first-order valence-electron chi connectivity index (χ1n) is 10.7. The van der Waals surface area contributed by atoms with Gasteiger partial charge in [0.15, 0.2) is 0 Å². The molecular formula is C21H28N6O2. The number of likely N-dealkylation sites (tertiary alicyclic amines) is 1. The van der Waals surface area contributed by atoms with Crippen LogP contribution in [0.15, 0.2) is 30.1 Å². The molecule has 0 bridgehead atoms. The Balaban J connectivity index is 1.39. The van der Waals surface area contributed by atoms with E-state index in [1.807, 2.05) is 23.2 Å². The fraction of sp³-hybridized carbons (Fsp3) is 0.524. The number of hydrogen-bond donors (Lipinski definition) is 2. The Morgan fingerprint density at radius 2 is 2.03 bits per heavy atom. The second-order valence-electron chi connectivity index (χ2n) is 8.13. The predicted octanol–water partition coefficient (Wildman–Crippen LogP) is 2.39. The van der Waals surface area contributed by atoms with Gasteiger partial charge in [-0.05, 0) is 55.9 Å². The molecular weight excluding hydrogens is 368 g/mol. The zero-order valence-corrected chi connectivity index (χ0v) is 16.9. The van der Waals surface area contributed by atoms with Crippen molar-refractivity contribution in [3.8, 4) is 0 Å². The highest BCUT2D eigenvalue weighted by Gasteiger charge is 2.37. The minimum atomic E-state index is -0.167. The number of nitrogens with zero attached hydrogens (tertiary/aromatic N) is 4. The number of fused-ring (bicyclic) bond motifs is 2. The number of carbonyl (C=O) groups excluding carboxylic acids is 2. The molecule has 1 unspecified atom stereocenters. The molecule has 5 heterocycles. The van der Waals surface area contributed by atoms with Crippen molar-refractivity contribution in [2.45, 2.75) is 45.2 Å². The Hall–Kier alpha value is -2.74. The predicted molar refractivity (Wildman–Crippen MR) is 110 cm³/mol. The molecule has 1 atom stereocenters. The van der Waals surface area contributed by atoms with Crippen molar-refractivity contribution in [3.63, 3.8) is 0 Å². The Morgan fingerprint density at radius 3 is 2.83 bits per heavy atom. The van der Waals surface area contributed by atoms with Crippen molar-refractivity contribution in [2.75, 3.05) is 31.1 Å². The van der Waals surface area contributed by atoms with E-state index in [0.717, 1.165) is 63.3 Å². The lowest BCUT2D eigenvalue weighted by molar-refractivity contribution is 0.0787. The standard InChI is InChI=1S/C21H28N6O2/c1-2-8-27-21(29)26-12-7-16(14-18(26)23-27)25-11-5-6-15-13-17(22-19(15)25)20(28)24-9-3-4-10-24/h7,12-14,18,22-23H,2-6,8-11H2,1H3. The molecule has 3 amide bonds. The van der Waals surface area contributed by atoms with Gasteiger partial charge in [-0.25, -0.2) is 10.2 Å². The molecule has 29 heavy (non-hydrogen) atoms. The first-order valence-corrected chi connectivity index (χ1v) is 10.7. The summed E-state index contributed by atoms with van der Waals surface area (Å²) >= 11 is 0. The number of aryl methyl sites for hydroxylation is 1. The van der Waals surface area contributed by atoms with Gasteiger partial charge in [0.1, 0.15) is 17.7 Å². The molecule has 154 valence electrons. The number of allylic oxidation sites excluding steroid dienone is 1. The lowest BCUT2D eigenvalue weighted by atomic mass is 10.1. The van der Waals surface area contributed by atoms with Crippen LogP contribution in [0.3, 0.4) is 0 Å². The van der Waals surface area contributed by atoms with E-state index in [1.165, 1.54) is 5.56 Å². The van der Waals surface area contributed by atoms with E-state index < -0.39 is 0 Å². The molecule has 5 rings (SSSR count). The summed E-state index contributed by atoms with van der Waals surface area (Å²) in [6.45, 7) is 5.35. The Kier molecular flexibility index (Phi) is 4.58. The third kappa shape index (κ3) is 3.11. The normalized spacial score (nSPS) is 23.6. The second kappa shape index (κ2) is 7.26. The summed E-state index contributed by atoms with van der Waals surface area (Å²) in [6.07, 6.45) is 10.9. The average Bonchev–Trinajstić information content (AvgIpc) is 3.47. The van der Waals surface area contributed by atoms with Crippen LogP contribution in [-0.2, 0) is 6.42 Å². The maximum Gasteiger partial charge on any atom is 0.340 e. The molecule has 2 N–H and O–H groups in total. The van der Waals surface area contributed by atoms with E-state index in [-0.39, 0.29) is 18.1 Å². The molecule has 2 fully saturated rings. The number of nitrogens with one attached hydrogen (secondary N) is 2. The molecule has 2 saturated heterocycles. The molecule has 1 aromatic heterocycles. The van der Waals surface area contributed by atoms with E-state index in [0.29, 0.717) is 12.2 Å². The summed E-state index contributed by atoms with van der Waals surface area (Å²) in [4.78, 5) is 34.6. The van der Waals surface area contributed by atoms with Crippen LogP contribution in [0.1, 0.15) is 48.7 Å². The Morgan fingerprint density at radius 1 is 1.21 bits per heavy atom. The molecule has 0 saturated carbocycles. The summed E-state index contributed by atoms with van der Waals surface area (Å²) in [5.41, 5.74) is 6.21. The molecule has 0 aromatic carbocycles. The Labute approximate surface area is 170 Å². The van der Waals surface area contributed by atoms with Gasteiger partial charge in [-0.2, -0.15) is 0 Å². The maximum absolute atomic E-state index is 12.8. The molecule has 0 spiro atoms. The summed E-state index contributed by atoms with van der Waals surface area (Å²) < 4.78 is 0. The van der Waals surface area contributed by atoms with E-state index in [2.05, 4.69) is 28.3 Å². The molecule has 8 heteroatoms. The third-order valence-electron chi connectivity index (χ3n) is 6.13. The molecule has 4 aliphatic rings. The van der Waals surface area contributed by atoms with Crippen LogP contribution >= 0.6 is 0 Å². The summed E-state index contributed by atoms with van der Waals surface area (Å²) in [6, 6.07) is 2.02. The number of aromatic amines is 1. The zero-order chi connectivity index (χ0) is 20.0. The minimum Gasteiger partial charge on any atom is -0.337 e. The summed E-state index contributed by atoms with van der Waals surface area (Å²) in [5.74, 6) is 1.12. The molecule has 0 aliphatic carbocycles. The van der Waals surface area contributed by atoms with Crippen LogP contribution < -0.4 is 10.3 Å². The number of aromatic nitrogens is 1. The number of urea groups is 1. The summed E-state index contributed by atoms with van der Waals surface area (Å²) in [7, 11) is 0. The van der Waals surface area contributed by atoms with E-state index in [4.69, 9.17) is 0 Å². The first-order chi connectivity index (χ1) is 14.2. The maximum atomic E-state index is 12.8. The SMILES string of the molecule is CCCN1NC2C=C(N3CCCc4cc(C(=O)N5CCCC5)[nH]c43)C=CN2C1=O. The van der Waals surface area contributed by atoms with Crippen molar-refractivity contribution < 1.29 is 9.59 Å². The van der Waals surface area contributed by atoms with Gasteiger partial charge in [0.25, 0.3) is 5.91 Å².